The molecule has 0 radical (unpaired) electrons. The zero-order chi connectivity index (χ0) is 15.0. The zero-order valence-electron chi connectivity index (χ0n) is 13.6. The number of methoxy groups -OCH3 is 1. The standard InChI is InChI=1S/C14H27BN2O3/c1-11-12(10-16-17(11)8-7-9-18-6)15-19-13(2,3)14(4,5)20-15/h16H,7-10H2,1-6H3. The fraction of sp³-hybridized carbons (Fsp3) is 0.857. The van der Waals surface area contributed by atoms with Gasteiger partial charge in [0, 0.05) is 32.5 Å². The third-order valence-electron chi connectivity index (χ3n) is 4.60. The van der Waals surface area contributed by atoms with Gasteiger partial charge in [-0.2, -0.15) is 0 Å². The van der Waals surface area contributed by atoms with Crippen LogP contribution in [0.4, 0.5) is 0 Å². The van der Waals surface area contributed by atoms with Gasteiger partial charge < -0.3 is 19.1 Å². The lowest BCUT2D eigenvalue weighted by Crippen LogP contribution is -2.41. The van der Waals surface area contributed by atoms with E-state index >= 15 is 0 Å². The Hall–Kier alpha value is -0.555. The molecule has 0 unspecified atom stereocenters. The Morgan fingerprint density at radius 2 is 1.85 bits per heavy atom. The predicted molar refractivity (Wildman–Crippen MR) is 80.0 cm³/mol. The molecule has 0 saturated carbocycles. The molecule has 0 spiro atoms. The Morgan fingerprint density at radius 3 is 2.40 bits per heavy atom. The number of ether oxygens (including phenoxy) is 1. The van der Waals surface area contributed by atoms with Crippen molar-refractivity contribution in [1.29, 1.82) is 0 Å². The first-order valence-corrected chi connectivity index (χ1v) is 7.34. The van der Waals surface area contributed by atoms with E-state index in [1.807, 2.05) is 0 Å². The highest BCUT2D eigenvalue weighted by Gasteiger charge is 2.53. The maximum absolute atomic E-state index is 6.12. The molecule has 0 aromatic carbocycles. The monoisotopic (exact) mass is 282 g/mol. The van der Waals surface area contributed by atoms with Gasteiger partial charge in [-0.05, 0) is 46.5 Å². The van der Waals surface area contributed by atoms with Gasteiger partial charge in [-0.15, -0.1) is 0 Å². The zero-order valence-corrected chi connectivity index (χ0v) is 13.6. The van der Waals surface area contributed by atoms with Crippen molar-refractivity contribution in [2.45, 2.75) is 52.2 Å². The summed E-state index contributed by atoms with van der Waals surface area (Å²) < 4.78 is 17.3. The molecule has 0 amide bonds. The SMILES string of the molecule is COCCCN1NCC(B2OC(C)(C)C(C)(C)O2)=C1C. The highest BCUT2D eigenvalue weighted by atomic mass is 16.7. The number of rotatable bonds is 5. The molecular formula is C14H27BN2O3. The summed E-state index contributed by atoms with van der Waals surface area (Å²) in [5, 5.41) is 2.17. The van der Waals surface area contributed by atoms with E-state index in [2.05, 4.69) is 45.1 Å². The van der Waals surface area contributed by atoms with Crippen LogP contribution in [0, 0.1) is 0 Å². The van der Waals surface area contributed by atoms with Crippen molar-refractivity contribution < 1.29 is 14.0 Å². The Morgan fingerprint density at radius 1 is 1.25 bits per heavy atom. The average Bonchev–Trinajstić information content (AvgIpc) is 2.79. The second-order valence-corrected chi connectivity index (χ2v) is 6.53. The van der Waals surface area contributed by atoms with Crippen LogP contribution in [0.25, 0.3) is 0 Å². The number of hydrogen-bond acceptors (Lipinski definition) is 5. The van der Waals surface area contributed by atoms with Crippen molar-refractivity contribution in [2.24, 2.45) is 0 Å². The van der Waals surface area contributed by atoms with Crippen LogP contribution in [0.1, 0.15) is 41.0 Å². The Bertz CT molecular complexity index is 380. The minimum Gasteiger partial charge on any atom is -0.399 e. The summed E-state index contributed by atoms with van der Waals surface area (Å²) in [6.07, 6.45) is 0.998. The first kappa shape index (κ1) is 15.8. The van der Waals surface area contributed by atoms with Gasteiger partial charge in [0.15, 0.2) is 0 Å². The molecule has 114 valence electrons. The molecule has 1 saturated heterocycles. The van der Waals surface area contributed by atoms with Gasteiger partial charge in [0.05, 0.1) is 11.2 Å². The van der Waals surface area contributed by atoms with E-state index in [-0.39, 0.29) is 18.3 Å². The smallest absolute Gasteiger partial charge is 0.399 e. The van der Waals surface area contributed by atoms with Gasteiger partial charge >= 0.3 is 7.12 Å². The summed E-state index contributed by atoms with van der Waals surface area (Å²) in [5.74, 6) is 0. The molecule has 20 heavy (non-hydrogen) atoms. The molecule has 2 rings (SSSR count). The lowest BCUT2D eigenvalue weighted by molar-refractivity contribution is 0.00578. The third kappa shape index (κ3) is 2.88. The first-order chi connectivity index (χ1) is 9.28. The molecule has 0 aliphatic carbocycles. The van der Waals surface area contributed by atoms with E-state index < -0.39 is 0 Å². The minimum absolute atomic E-state index is 0.250. The first-order valence-electron chi connectivity index (χ1n) is 7.34. The molecule has 5 nitrogen and oxygen atoms in total. The molecule has 1 N–H and O–H groups in total. The van der Waals surface area contributed by atoms with Gasteiger partial charge in [0.2, 0.25) is 0 Å². The topological polar surface area (TPSA) is 43.0 Å². The van der Waals surface area contributed by atoms with E-state index in [0.29, 0.717) is 0 Å². The average molecular weight is 282 g/mol. The quantitative estimate of drug-likeness (QED) is 0.614. The highest BCUT2D eigenvalue weighted by Crippen LogP contribution is 2.39. The third-order valence-corrected chi connectivity index (χ3v) is 4.60. The lowest BCUT2D eigenvalue weighted by Gasteiger charge is -2.32. The van der Waals surface area contributed by atoms with Gasteiger partial charge in [0.25, 0.3) is 0 Å². The van der Waals surface area contributed by atoms with Crippen LogP contribution in [0.5, 0.6) is 0 Å². The van der Waals surface area contributed by atoms with Crippen molar-refractivity contribution in [3.05, 3.63) is 11.2 Å². The van der Waals surface area contributed by atoms with Gasteiger partial charge in [0.1, 0.15) is 0 Å². The largest absolute Gasteiger partial charge is 0.493 e. The van der Waals surface area contributed by atoms with E-state index in [1.54, 1.807) is 7.11 Å². The molecule has 0 atom stereocenters. The number of hydrogen-bond donors (Lipinski definition) is 1. The van der Waals surface area contributed by atoms with Crippen LogP contribution >= 0.6 is 0 Å². The van der Waals surface area contributed by atoms with Crippen LogP contribution in [0.15, 0.2) is 11.2 Å². The second kappa shape index (κ2) is 5.68. The van der Waals surface area contributed by atoms with Gasteiger partial charge in [-0.1, -0.05) is 0 Å². The molecule has 2 aliphatic rings. The Labute approximate surface area is 122 Å². The summed E-state index contributed by atoms with van der Waals surface area (Å²) in [6.45, 7) is 13.0. The Balaban J connectivity index is 2.03. The predicted octanol–water partition coefficient (Wildman–Crippen LogP) is 1.75. The summed E-state index contributed by atoms with van der Waals surface area (Å²) in [4.78, 5) is 0. The van der Waals surface area contributed by atoms with Crippen molar-refractivity contribution in [1.82, 2.24) is 10.4 Å². The molecule has 1 fully saturated rings. The van der Waals surface area contributed by atoms with E-state index in [9.17, 15) is 0 Å². The molecule has 0 aromatic heterocycles. The fourth-order valence-electron chi connectivity index (χ4n) is 2.45. The summed E-state index contributed by atoms with van der Waals surface area (Å²) >= 11 is 0. The molecule has 0 bridgehead atoms. The maximum Gasteiger partial charge on any atom is 0.493 e. The number of nitrogens with zero attached hydrogens (tertiary/aromatic N) is 1. The molecule has 2 aliphatic heterocycles. The van der Waals surface area contributed by atoms with Gasteiger partial charge in [-0.3, -0.25) is 0 Å². The van der Waals surface area contributed by atoms with Crippen LogP contribution in [-0.2, 0) is 14.0 Å². The number of hydrazine groups is 1. The van der Waals surface area contributed by atoms with Crippen LogP contribution in [0.2, 0.25) is 0 Å². The molecule has 6 heteroatoms. The van der Waals surface area contributed by atoms with E-state index in [1.165, 1.54) is 11.2 Å². The number of allylic oxidation sites excluding steroid dienone is 1. The fourth-order valence-corrected chi connectivity index (χ4v) is 2.45. The minimum atomic E-state index is -0.283. The second-order valence-electron chi connectivity index (χ2n) is 6.53. The van der Waals surface area contributed by atoms with E-state index in [0.717, 1.165) is 26.1 Å². The van der Waals surface area contributed by atoms with Crippen molar-refractivity contribution in [3.8, 4) is 0 Å². The van der Waals surface area contributed by atoms with Crippen molar-refractivity contribution >= 4 is 7.12 Å². The van der Waals surface area contributed by atoms with Gasteiger partial charge in [-0.25, -0.2) is 5.43 Å². The van der Waals surface area contributed by atoms with Crippen molar-refractivity contribution in [3.63, 3.8) is 0 Å². The van der Waals surface area contributed by atoms with E-state index in [4.69, 9.17) is 14.0 Å². The molecular weight excluding hydrogens is 255 g/mol. The molecule has 0 aromatic rings. The van der Waals surface area contributed by atoms with Crippen LogP contribution < -0.4 is 5.43 Å². The number of nitrogens with one attached hydrogen (secondary N) is 1. The maximum atomic E-state index is 6.12. The summed E-state index contributed by atoms with van der Waals surface area (Å²) in [5.41, 5.74) is 5.23. The highest BCUT2D eigenvalue weighted by molar-refractivity contribution is 6.55. The summed E-state index contributed by atoms with van der Waals surface area (Å²) in [7, 11) is 1.48. The summed E-state index contributed by atoms with van der Waals surface area (Å²) in [6, 6.07) is 0. The lowest BCUT2D eigenvalue weighted by atomic mass is 9.77. The van der Waals surface area contributed by atoms with Crippen LogP contribution in [0.3, 0.4) is 0 Å². The van der Waals surface area contributed by atoms with Crippen molar-refractivity contribution in [2.75, 3.05) is 26.8 Å². The molecule has 2 heterocycles. The van der Waals surface area contributed by atoms with Crippen LogP contribution in [-0.4, -0.2) is 50.1 Å². The Kier molecular flexibility index (Phi) is 4.49. The normalized spacial score (nSPS) is 24.9.